The van der Waals surface area contributed by atoms with E-state index in [1.807, 2.05) is 0 Å². The Hall–Kier alpha value is -2.55. The van der Waals surface area contributed by atoms with Crippen LogP contribution < -0.4 is 10.9 Å². The van der Waals surface area contributed by atoms with Crippen LogP contribution in [0.3, 0.4) is 0 Å². The standard InChI is InChI=1S/C19H14Cl2F3N3O2/c20-14-7-2-1-6-13(14)16(28)10-25-15-9-26-27(18(29)17(15)21)12-5-3-4-11(8-12)19(22,23)24/h1-9,16,25,28H,10H2. The molecule has 2 aromatic carbocycles. The molecule has 3 rings (SSSR count). The van der Waals surface area contributed by atoms with Gasteiger partial charge in [-0.3, -0.25) is 4.79 Å². The van der Waals surface area contributed by atoms with E-state index in [1.165, 1.54) is 18.3 Å². The fourth-order valence-corrected chi connectivity index (χ4v) is 3.07. The number of benzene rings is 2. The molecule has 0 aliphatic carbocycles. The first-order valence-corrected chi connectivity index (χ1v) is 9.06. The van der Waals surface area contributed by atoms with Crippen molar-refractivity contribution in [3.63, 3.8) is 0 Å². The maximum atomic E-state index is 12.9. The molecule has 0 saturated carbocycles. The van der Waals surface area contributed by atoms with E-state index in [0.717, 1.165) is 16.8 Å². The molecule has 0 aliphatic rings. The minimum atomic E-state index is -4.56. The Labute approximate surface area is 173 Å². The van der Waals surface area contributed by atoms with E-state index < -0.39 is 23.4 Å². The van der Waals surface area contributed by atoms with Crippen LogP contribution in [0.15, 0.2) is 59.5 Å². The third-order valence-corrected chi connectivity index (χ3v) is 4.80. The maximum absolute atomic E-state index is 12.9. The molecule has 1 unspecified atom stereocenters. The number of nitrogens with one attached hydrogen (secondary N) is 1. The van der Waals surface area contributed by atoms with Crippen molar-refractivity contribution in [2.75, 3.05) is 11.9 Å². The SMILES string of the molecule is O=c1c(Cl)c(NCC(O)c2ccccc2Cl)cnn1-c1cccc(C(F)(F)F)c1. The molecule has 0 fully saturated rings. The number of aliphatic hydroxyl groups is 1. The zero-order chi connectivity index (χ0) is 21.2. The molecule has 10 heteroatoms. The summed E-state index contributed by atoms with van der Waals surface area (Å²) in [6.07, 6.45) is -4.34. The highest BCUT2D eigenvalue weighted by molar-refractivity contribution is 6.33. The first kappa shape index (κ1) is 21.2. The highest BCUT2D eigenvalue weighted by Gasteiger charge is 2.30. The molecule has 0 aliphatic heterocycles. The molecule has 5 nitrogen and oxygen atoms in total. The molecule has 0 radical (unpaired) electrons. The minimum absolute atomic E-state index is 0.0157. The van der Waals surface area contributed by atoms with E-state index in [-0.39, 0.29) is 22.9 Å². The van der Waals surface area contributed by atoms with Crippen LogP contribution >= 0.6 is 23.2 Å². The molecule has 1 aromatic heterocycles. The van der Waals surface area contributed by atoms with Crippen molar-refractivity contribution in [1.29, 1.82) is 0 Å². The van der Waals surface area contributed by atoms with Crippen LogP contribution in [0, 0.1) is 0 Å². The number of aromatic nitrogens is 2. The number of hydrogen-bond acceptors (Lipinski definition) is 4. The molecule has 0 saturated heterocycles. The lowest BCUT2D eigenvalue weighted by molar-refractivity contribution is -0.137. The van der Waals surface area contributed by atoms with E-state index >= 15 is 0 Å². The Morgan fingerprint density at radius 2 is 1.86 bits per heavy atom. The van der Waals surface area contributed by atoms with Gasteiger partial charge in [0, 0.05) is 17.1 Å². The van der Waals surface area contributed by atoms with E-state index in [2.05, 4.69) is 10.4 Å². The number of alkyl halides is 3. The number of anilines is 1. The second-order valence-electron chi connectivity index (χ2n) is 6.06. The molecule has 1 heterocycles. The van der Waals surface area contributed by atoms with Gasteiger partial charge in [0.1, 0.15) is 5.02 Å². The van der Waals surface area contributed by atoms with Crippen molar-refractivity contribution in [3.05, 3.63) is 86.3 Å². The molecule has 3 aromatic rings. The Kier molecular flexibility index (Phi) is 6.16. The lowest BCUT2D eigenvalue weighted by Crippen LogP contribution is -2.24. The van der Waals surface area contributed by atoms with Gasteiger partial charge in [0.15, 0.2) is 0 Å². The molecule has 29 heavy (non-hydrogen) atoms. The van der Waals surface area contributed by atoms with E-state index in [4.69, 9.17) is 23.2 Å². The van der Waals surface area contributed by atoms with Gasteiger partial charge in [0.25, 0.3) is 5.56 Å². The topological polar surface area (TPSA) is 67.2 Å². The lowest BCUT2D eigenvalue weighted by Gasteiger charge is -2.15. The first-order valence-electron chi connectivity index (χ1n) is 8.30. The van der Waals surface area contributed by atoms with Gasteiger partial charge in [-0.1, -0.05) is 47.5 Å². The normalized spacial score (nSPS) is 12.6. The van der Waals surface area contributed by atoms with Crippen molar-refractivity contribution < 1.29 is 18.3 Å². The predicted octanol–water partition coefficient (Wildman–Crippen LogP) is 4.70. The fourth-order valence-electron chi connectivity index (χ4n) is 2.62. The van der Waals surface area contributed by atoms with Gasteiger partial charge in [-0.25, -0.2) is 0 Å². The minimum Gasteiger partial charge on any atom is -0.387 e. The molecule has 0 spiro atoms. The second-order valence-corrected chi connectivity index (χ2v) is 6.84. The van der Waals surface area contributed by atoms with Crippen LogP contribution in [0.2, 0.25) is 10.0 Å². The van der Waals surface area contributed by atoms with E-state index in [1.54, 1.807) is 24.3 Å². The Bertz CT molecular complexity index is 1090. The van der Waals surface area contributed by atoms with Gasteiger partial charge < -0.3 is 10.4 Å². The number of rotatable bonds is 5. The summed E-state index contributed by atoms with van der Waals surface area (Å²) in [6.45, 7) is -0.0157. The van der Waals surface area contributed by atoms with E-state index in [0.29, 0.717) is 10.6 Å². The molecule has 2 N–H and O–H groups in total. The Balaban J connectivity index is 1.83. The summed E-state index contributed by atoms with van der Waals surface area (Å²) in [5, 5.41) is 17.0. The summed E-state index contributed by atoms with van der Waals surface area (Å²) in [7, 11) is 0. The Morgan fingerprint density at radius 3 is 2.55 bits per heavy atom. The molecule has 1 atom stereocenters. The highest BCUT2D eigenvalue weighted by Crippen LogP contribution is 2.30. The average Bonchev–Trinajstić information content (AvgIpc) is 2.68. The molecular weight excluding hydrogens is 430 g/mol. The van der Waals surface area contributed by atoms with Crippen LogP contribution in [0.4, 0.5) is 18.9 Å². The predicted molar refractivity (Wildman–Crippen MR) is 105 cm³/mol. The highest BCUT2D eigenvalue weighted by atomic mass is 35.5. The quantitative estimate of drug-likeness (QED) is 0.599. The molecular formula is C19H14Cl2F3N3O2. The van der Waals surface area contributed by atoms with Gasteiger partial charge in [0.2, 0.25) is 0 Å². The smallest absolute Gasteiger partial charge is 0.387 e. The van der Waals surface area contributed by atoms with Gasteiger partial charge in [-0.15, -0.1) is 0 Å². The second kappa shape index (κ2) is 8.44. The van der Waals surface area contributed by atoms with Gasteiger partial charge >= 0.3 is 6.18 Å². The first-order chi connectivity index (χ1) is 13.7. The zero-order valence-corrected chi connectivity index (χ0v) is 16.1. The van der Waals surface area contributed by atoms with Gasteiger partial charge in [0.05, 0.1) is 29.2 Å². The van der Waals surface area contributed by atoms with Crippen LogP contribution in [-0.4, -0.2) is 21.4 Å². The summed E-state index contributed by atoms with van der Waals surface area (Å²) < 4.78 is 39.5. The fraction of sp³-hybridized carbons (Fsp3) is 0.158. The summed E-state index contributed by atoms with van der Waals surface area (Å²) in [5.41, 5.74) is -1.17. The van der Waals surface area contributed by atoms with Crippen LogP contribution in [0.25, 0.3) is 5.69 Å². The third-order valence-electron chi connectivity index (χ3n) is 4.09. The Morgan fingerprint density at radius 1 is 1.14 bits per heavy atom. The lowest BCUT2D eigenvalue weighted by atomic mass is 10.1. The van der Waals surface area contributed by atoms with Gasteiger partial charge in [-0.05, 0) is 24.3 Å². The maximum Gasteiger partial charge on any atom is 0.416 e. The van der Waals surface area contributed by atoms with Crippen LogP contribution in [-0.2, 0) is 6.18 Å². The average molecular weight is 444 g/mol. The summed E-state index contributed by atoms with van der Waals surface area (Å²) in [5.74, 6) is 0. The third kappa shape index (κ3) is 4.72. The van der Waals surface area contributed by atoms with E-state index in [9.17, 15) is 23.1 Å². The summed E-state index contributed by atoms with van der Waals surface area (Å²) in [6, 6.07) is 10.9. The monoisotopic (exact) mass is 443 g/mol. The largest absolute Gasteiger partial charge is 0.416 e. The molecule has 0 bridgehead atoms. The van der Waals surface area contributed by atoms with Crippen molar-refractivity contribution in [2.24, 2.45) is 0 Å². The van der Waals surface area contributed by atoms with Crippen molar-refractivity contribution in [1.82, 2.24) is 9.78 Å². The van der Waals surface area contributed by atoms with Crippen molar-refractivity contribution in [2.45, 2.75) is 12.3 Å². The number of halogens is 5. The molecule has 0 amide bonds. The van der Waals surface area contributed by atoms with Crippen LogP contribution in [0.5, 0.6) is 0 Å². The molecule has 152 valence electrons. The summed E-state index contributed by atoms with van der Waals surface area (Å²) >= 11 is 12.1. The number of aliphatic hydroxyl groups excluding tert-OH is 1. The summed E-state index contributed by atoms with van der Waals surface area (Å²) in [4.78, 5) is 12.5. The van der Waals surface area contributed by atoms with Crippen molar-refractivity contribution in [3.8, 4) is 5.69 Å². The van der Waals surface area contributed by atoms with Crippen LogP contribution in [0.1, 0.15) is 17.2 Å². The number of nitrogens with zero attached hydrogens (tertiary/aromatic N) is 2. The number of hydrogen-bond donors (Lipinski definition) is 2. The van der Waals surface area contributed by atoms with Crippen molar-refractivity contribution >= 4 is 28.9 Å². The zero-order valence-electron chi connectivity index (χ0n) is 14.6. The van der Waals surface area contributed by atoms with Gasteiger partial charge in [-0.2, -0.15) is 23.0 Å².